The number of carbonyl (C=O) groups excluding carboxylic acids is 3. The van der Waals surface area contributed by atoms with Crippen LogP contribution in [0.25, 0.3) is 0 Å². The van der Waals surface area contributed by atoms with Crippen molar-refractivity contribution in [1.82, 2.24) is 4.90 Å². The molecular formula is C13H19BrN2O5. The van der Waals surface area contributed by atoms with Crippen LogP contribution in [0.2, 0.25) is 0 Å². The largest absolute Gasteiger partial charge is 0.443 e. The molecular weight excluding hydrogens is 344 g/mol. The molecule has 0 aromatic heterocycles. The number of carbonyl (C=O) groups is 3. The van der Waals surface area contributed by atoms with Gasteiger partial charge in [0.25, 0.3) is 0 Å². The van der Waals surface area contributed by atoms with Crippen molar-refractivity contribution < 1.29 is 24.2 Å². The fourth-order valence-electron chi connectivity index (χ4n) is 2.91. The predicted molar refractivity (Wildman–Crippen MR) is 76.4 cm³/mol. The van der Waals surface area contributed by atoms with E-state index in [9.17, 15) is 19.5 Å². The molecule has 3 aliphatic rings. The van der Waals surface area contributed by atoms with Crippen LogP contribution in [0.15, 0.2) is 0 Å². The van der Waals surface area contributed by atoms with Gasteiger partial charge in [-0.2, -0.15) is 0 Å². The number of imide groups is 1. The highest BCUT2D eigenvalue weighted by Crippen LogP contribution is 2.43. The van der Waals surface area contributed by atoms with Crippen LogP contribution in [0.3, 0.4) is 0 Å². The molecule has 0 aromatic carbocycles. The fourth-order valence-corrected chi connectivity index (χ4v) is 3.66. The number of amides is 3. The zero-order chi connectivity index (χ0) is 16.1. The van der Waals surface area contributed by atoms with Crippen LogP contribution in [0.4, 0.5) is 4.79 Å². The number of primary amides is 1. The lowest BCUT2D eigenvalue weighted by Gasteiger charge is -2.51. The lowest BCUT2D eigenvalue weighted by atomic mass is 9.70. The van der Waals surface area contributed by atoms with E-state index in [1.54, 1.807) is 20.8 Å². The van der Waals surface area contributed by atoms with Gasteiger partial charge in [-0.3, -0.25) is 9.59 Å². The van der Waals surface area contributed by atoms with Gasteiger partial charge in [0.05, 0.1) is 28.8 Å². The molecule has 2 saturated heterocycles. The molecule has 118 valence electrons. The number of nitrogens with zero attached hydrogens (tertiary/aromatic N) is 1. The molecule has 1 aliphatic carbocycles. The first kappa shape index (κ1) is 16.2. The second kappa shape index (κ2) is 5.24. The zero-order valence-corrected chi connectivity index (χ0v) is 13.7. The number of hydrogen-bond donors (Lipinski definition) is 2. The van der Waals surface area contributed by atoms with E-state index < -0.39 is 52.3 Å². The Morgan fingerprint density at radius 3 is 2.48 bits per heavy atom. The molecule has 3 N–H and O–H groups in total. The molecule has 0 aromatic rings. The molecule has 7 nitrogen and oxygen atoms in total. The van der Waals surface area contributed by atoms with Gasteiger partial charge in [0.2, 0.25) is 11.8 Å². The number of alkyl halides is 1. The number of halogens is 1. The number of aliphatic hydroxyl groups is 1. The Morgan fingerprint density at radius 1 is 1.43 bits per heavy atom. The van der Waals surface area contributed by atoms with Crippen LogP contribution in [0, 0.1) is 11.8 Å². The first-order valence-corrected chi connectivity index (χ1v) is 7.63. The minimum Gasteiger partial charge on any atom is -0.443 e. The van der Waals surface area contributed by atoms with Gasteiger partial charge in [0, 0.05) is 0 Å². The van der Waals surface area contributed by atoms with Gasteiger partial charge in [-0.05, 0) is 27.2 Å². The van der Waals surface area contributed by atoms with Crippen LogP contribution in [0.1, 0.15) is 27.2 Å². The number of piperidine rings is 2. The second-order valence-corrected chi connectivity index (χ2v) is 7.52. The predicted octanol–water partition coefficient (Wildman–Crippen LogP) is 0.378. The summed E-state index contributed by atoms with van der Waals surface area (Å²) in [5.74, 6) is -2.51. The van der Waals surface area contributed by atoms with Crippen molar-refractivity contribution in [3.8, 4) is 0 Å². The van der Waals surface area contributed by atoms with Crippen molar-refractivity contribution in [2.75, 3.05) is 0 Å². The highest BCUT2D eigenvalue weighted by molar-refractivity contribution is 9.09. The summed E-state index contributed by atoms with van der Waals surface area (Å²) < 4.78 is 5.20. The van der Waals surface area contributed by atoms with Crippen LogP contribution >= 0.6 is 15.9 Å². The average Bonchev–Trinajstić information content (AvgIpc) is 2.32. The van der Waals surface area contributed by atoms with E-state index >= 15 is 0 Å². The molecule has 8 heteroatoms. The fraction of sp³-hybridized carbons (Fsp3) is 0.769. The Morgan fingerprint density at radius 2 is 2.00 bits per heavy atom. The number of rotatable bonds is 1. The molecule has 0 spiro atoms. The summed E-state index contributed by atoms with van der Waals surface area (Å²) in [6.07, 6.45) is -1.68. The smallest absolute Gasteiger partial charge is 0.417 e. The van der Waals surface area contributed by atoms with Gasteiger partial charge in [-0.1, -0.05) is 15.9 Å². The molecule has 21 heavy (non-hydrogen) atoms. The Bertz CT molecular complexity index is 489. The van der Waals surface area contributed by atoms with E-state index in [0.717, 1.165) is 4.90 Å². The minimum absolute atomic E-state index is 0.227. The van der Waals surface area contributed by atoms with Crippen LogP contribution in [-0.2, 0) is 14.3 Å². The van der Waals surface area contributed by atoms with E-state index in [4.69, 9.17) is 10.5 Å². The molecule has 1 saturated carbocycles. The third kappa shape index (κ3) is 2.78. The number of aliphatic hydroxyl groups excluding tert-OH is 1. The van der Waals surface area contributed by atoms with Crippen LogP contribution in [0.5, 0.6) is 0 Å². The van der Waals surface area contributed by atoms with Crippen molar-refractivity contribution in [2.45, 2.75) is 49.8 Å². The number of ether oxygens (including phenoxy) is 1. The van der Waals surface area contributed by atoms with Crippen LogP contribution < -0.4 is 5.73 Å². The number of hydrogen-bond acceptors (Lipinski definition) is 5. The first-order chi connectivity index (χ1) is 9.54. The van der Waals surface area contributed by atoms with Gasteiger partial charge in [0.1, 0.15) is 5.60 Å². The maximum atomic E-state index is 12.4. The minimum atomic E-state index is -1.05. The molecule has 2 aliphatic heterocycles. The third-order valence-electron chi connectivity index (χ3n) is 3.79. The maximum Gasteiger partial charge on any atom is 0.417 e. The Hall–Kier alpha value is -1.15. The summed E-state index contributed by atoms with van der Waals surface area (Å²) in [5.41, 5.74) is 4.56. The van der Waals surface area contributed by atoms with Crippen molar-refractivity contribution in [3.63, 3.8) is 0 Å². The molecule has 5 unspecified atom stereocenters. The van der Waals surface area contributed by atoms with Crippen molar-refractivity contribution >= 4 is 33.8 Å². The number of fused-ring (bicyclic) bond motifs is 3. The molecule has 5 atom stereocenters. The Kier molecular flexibility index (Phi) is 4.05. The molecule has 0 radical (unpaired) electrons. The summed E-state index contributed by atoms with van der Waals surface area (Å²) in [6, 6.07) is -0.987. The summed E-state index contributed by atoms with van der Waals surface area (Å²) in [4.78, 5) is 36.5. The Balaban J connectivity index is 2.34. The molecule has 2 bridgehead atoms. The van der Waals surface area contributed by atoms with E-state index in [0.29, 0.717) is 0 Å². The van der Waals surface area contributed by atoms with E-state index in [1.807, 2.05) is 0 Å². The summed E-state index contributed by atoms with van der Waals surface area (Å²) >= 11 is 3.26. The van der Waals surface area contributed by atoms with Crippen molar-refractivity contribution in [2.24, 2.45) is 17.6 Å². The quantitative estimate of drug-likeness (QED) is 0.655. The Labute approximate surface area is 130 Å². The zero-order valence-electron chi connectivity index (χ0n) is 12.1. The monoisotopic (exact) mass is 362 g/mol. The standard InChI is InChI=1S/C13H19BrN2O5/c1-13(2,3)21-12(20)16-8-6(10(15)18)4-5(11(16)19)7(14)9(8)17/h5-9,17H,4H2,1-3H3,(H2,15,18). The molecule has 3 fully saturated rings. The van der Waals surface area contributed by atoms with Gasteiger partial charge < -0.3 is 15.6 Å². The summed E-state index contributed by atoms with van der Waals surface area (Å²) in [6.45, 7) is 5.02. The van der Waals surface area contributed by atoms with E-state index in [-0.39, 0.29) is 6.42 Å². The van der Waals surface area contributed by atoms with Gasteiger partial charge in [0.15, 0.2) is 0 Å². The highest BCUT2D eigenvalue weighted by Gasteiger charge is 2.59. The molecule has 3 amide bonds. The second-order valence-electron chi connectivity index (χ2n) is 6.47. The number of nitrogens with two attached hydrogens (primary N) is 1. The molecule has 2 heterocycles. The highest BCUT2D eigenvalue weighted by atomic mass is 79.9. The lowest BCUT2D eigenvalue weighted by Crippen LogP contribution is -2.70. The van der Waals surface area contributed by atoms with Crippen molar-refractivity contribution in [1.29, 1.82) is 0 Å². The summed E-state index contributed by atoms with van der Waals surface area (Å²) in [5, 5.41) is 10.3. The first-order valence-electron chi connectivity index (χ1n) is 6.72. The van der Waals surface area contributed by atoms with E-state index in [1.165, 1.54) is 0 Å². The molecule has 3 rings (SSSR count). The maximum absolute atomic E-state index is 12.4. The lowest BCUT2D eigenvalue weighted by molar-refractivity contribution is -0.161. The van der Waals surface area contributed by atoms with Crippen molar-refractivity contribution in [3.05, 3.63) is 0 Å². The normalized spacial score (nSPS) is 35.8. The SMILES string of the molecule is CC(C)(C)OC(=O)N1C(=O)C2CC(C(N)=O)C1C(O)C2Br. The van der Waals surface area contributed by atoms with Gasteiger partial charge in [-0.25, -0.2) is 9.69 Å². The van der Waals surface area contributed by atoms with Crippen LogP contribution in [-0.4, -0.2) is 50.5 Å². The van der Waals surface area contributed by atoms with Gasteiger partial charge in [-0.15, -0.1) is 0 Å². The average molecular weight is 363 g/mol. The van der Waals surface area contributed by atoms with E-state index in [2.05, 4.69) is 15.9 Å². The summed E-state index contributed by atoms with van der Waals surface area (Å²) in [7, 11) is 0. The third-order valence-corrected chi connectivity index (χ3v) is 4.97. The topological polar surface area (TPSA) is 110 Å². The van der Waals surface area contributed by atoms with Gasteiger partial charge >= 0.3 is 6.09 Å².